The zero-order chi connectivity index (χ0) is 22.5. The topological polar surface area (TPSA) is 67.9 Å². The third-order valence-electron chi connectivity index (χ3n) is 5.94. The molecule has 4 rings (SSSR count). The molecule has 1 saturated carbocycles. The van der Waals surface area contributed by atoms with Crippen molar-refractivity contribution < 1.29 is 19.1 Å². The van der Waals surface area contributed by atoms with E-state index < -0.39 is 0 Å². The van der Waals surface area contributed by atoms with E-state index in [0.29, 0.717) is 12.3 Å². The van der Waals surface area contributed by atoms with E-state index in [1.54, 1.807) is 18.1 Å². The van der Waals surface area contributed by atoms with Crippen LogP contribution in [0.2, 0.25) is 0 Å². The van der Waals surface area contributed by atoms with Gasteiger partial charge in [0.1, 0.15) is 18.4 Å². The van der Waals surface area contributed by atoms with E-state index in [-0.39, 0.29) is 36.3 Å². The number of nitrogens with one attached hydrogen (secondary N) is 1. The Kier molecular flexibility index (Phi) is 7.15. The van der Waals surface area contributed by atoms with Crippen LogP contribution in [-0.2, 0) is 20.9 Å². The van der Waals surface area contributed by atoms with Crippen molar-refractivity contribution in [3.63, 3.8) is 0 Å². The number of rotatable bonds is 6. The summed E-state index contributed by atoms with van der Waals surface area (Å²) in [5, 5.41) is 2.93. The van der Waals surface area contributed by atoms with Gasteiger partial charge in [-0.25, -0.2) is 0 Å². The predicted octanol–water partition coefficient (Wildman–Crippen LogP) is 4.29. The summed E-state index contributed by atoms with van der Waals surface area (Å²) in [5.41, 5.74) is 1.85. The predicted molar refractivity (Wildman–Crippen MR) is 126 cm³/mol. The van der Waals surface area contributed by atoms with Gasteiger partial charge < -0.3 is 19.7 Å². The maximum atomic E-state index is 13.3. The SMILES string of the molecule is COc1ccc(/C=C2\OC3CCCCC3N(CC(=O)NCc3ccccc3)C2=O)cc1Br. The Balaban J connectivity index is 1.51. The average Bonchev–Trinajstić information content (AvgIpc) is 2.81. The Morgan fingerprint density at radius 3 is 2.75 bits per heavy atom. The van der Waals surface area contributed by atoms with Crippen LogP contribution in [0.1, 0.15) is 36.8 Å². The quantitative estimate of drug-likeness (QED) is 0.603. The summed E-state index contributed by atoms with van der Waals surface area (Å²) in [7, 11) is 1.61. The molecule has 2 aliphatic rings. The molecule has 1 heterocycles. The molecule has 0 bridgehead atoms. The fraction of sp³-hybridized carbons (Fsp3) is 0.360. The second-order valence-electron chi connectivity index (χ2n) is 8.11. The molecule has 2 fully saturated rings. The van der Waals surface area contributed by atoms with Crippen LogP contribution in [0.25, 0.3) is 6.08 Å². The number of benzene rings is 2. The van der Waals surface area contributed by atoms with E-state index in [0.717, 1.165) is 41.3 Å². The molecule has 1 aliphatic carbocycles. The van der Waals surface area contributed by atoms with E-state index >= 15 is 0 Å². The highest BCUT2D eigenvalue weighted by atomic mass is 79.9. The number of hydrogen-bond acceptors (Lipinski definition) is 4. The highest BCUT2D eigenvalue weighted by Crippen LogP contribution is 2.34. The van der Waals surface area contributed by atoms with Crippen molar-refractivity contribution in [2.45, 2.75) is 44.4 Å². The first-order valence-corrected chi connectivity index (χ1v) is 11.7. The summed E-state index contributed by atoms with van der Waals surface area (Å²) in [5.74, 6) is 0.586. The minimum Gasteiger partial charge on any atom is -0.496 e. The third-order valence-corrected chi connectivity index (χ3v) is 6.56. The van der Waals surface area contributed by atoms with Gasteiger partial charge in [0, 0.05) is 6.54 Å². The maximum Gasteiger partial charge on any atom is 0.289 e. The molecule has 2 aromatic rings. The first-order chi connectivity index (χ1) is 15.5. The molecule has 2 aromatic carbocycles. The maximum absolute atomic E-state index is 13.3. The first kappa shape index (κ1) is 22.4. The molecule has 2 unspecified atom stereocenters. The smallest absolute Gasteiger partial charge is 0.289 e. The molecule has 2 amide bonds. The van der Waals surface area contributed by atoms with Crippen molar-refractivity contribution in [2.24, 2.45) is 0 Å². The number of halogens is 1. The third kappa shape index (κ3) is 5.15. The van der Waals surface area contributed by atoms with Crippen LogP contribution in [0.5, 0.6) is 5.75 Å². The van der Waals surface area contributed by atoms with Gasteiger partial charge in [-0.2, -0.15) is 0 Å². The van der Waals surface area contributed by atoms with Gasteiger partial charge >= 0.3 is 0 Å². The zero-order valence-electron chi connectivity index (χ0n) is 18.1. The Morgan fingerprint density at radius 2 is 2.00 bits per heavy atom. The summed E-state index contributed by atoms with van der Waals surface area (Å²) in [6.07, 6.45) is 5.48. The van der Waals surface area contributed by atoms with E-state index in [1.807, 2.05) is 48.5 Å². The van der Waals surface area contributed by atoms with Gasteiger partial charge in [0.05, 0.1) is 17.6 Å². The molecular weight excluding hydrogens is 472 g/mol. The van der Waals surface area contributed by atoms with Crippen LogP contribution in [0.15, 0.2) is 58.8 Å². The lowest BCUT2D eigenvalue weighted by atomic mass is 9.89. The van der Waals surface area contributed by atoms with Crippen LogP contribution >= 0.6 is 15.9 Å². The lowest BCUT2D eigenvalue weighted by molar-refractivity contribution is -0.151. The van der Waals surface area contributed by atoms with Crippen molar-refractivity contribution in [1.82, 2.24) is 10.2 Å². The number of hydrogen-bond donors (Lipinski definition) is 1. The molecular formula is C25H27BrN2O4. The van der Waals surface area contributed by atoms with Crippen molar-refractivity contribution in [3.05, 3.63) is 69.9 Å². The lowest BCUT2D eigenvalue weighted by Gasteiger charge is -2.44. The van der Waals surface area contributed by atoms with Gasteiger partial charge in [-0.05, 0) is 64.5 Å². The minimum atomic E-state index is -0.241. The standard InChI is InChI=1S/C25H27BrN2O4/c1-31-21-12-11-18(13-19(21)26)14-23-25(30)28(20-9-5-6-10-22(20)32-23)16-24(29)27-15-17-7-3-2-4-8-17/h2-4,7-8,11-14,20,22H,5-6,9-10,15-16H2,1H3,(H,27,29)/b23-14-. The van der Waals surface area contributed by atoms with Crippen LogP contribution in [0, 0.1) is 0 Å². The molecule has 0 spiro atoms. The lowest BCUT2D eigenvalue weighted by Crippen LogP contribution is -2.57. The van der Waals surface area contributed by atoms with Gasteiger partial charge in [-0.15, -0.1) is 0 Å². The normalized spacial score (nSPS) is 21.6. The molecule has 0 aromatic heterocycles. The van der Waals surface area contributed by atoms with Gasteiger partial charge in [0.25, 0.3) is 5.91 Å². The number of fused-ring (bicyclic) bond motifs is 1. The number of methoxy groups -OCH3 is 1. The van der Waals surface area contributed by atoms with Gasteiger partial charge in [-0.3, -0.25) is 9.59 Å². The summed E-state index contributed by atoms with van der Waals surface area (Å²) >= 11 is 3.48. The number of morpholine rings is 1. The Bertz CT molecular complexity index is 1010. The van der Waals surface area contributed by atoms with E-state index in [2.05, 4.69) is 21.2 Å². The van der Waals surface area contributed by atoms with Gasteiger partial charge in [0.2, 0.25) is 5.91 Å². The Morgan fingerprint density at radius 1 is 1.22 bits per heavy atom. The molecule has 168 valence electrons. The summed E-state index contributed by atoms with van der Waals surface area (Å²) < 4.78 is 12.2. The number of amides is 2. The second kappa shape index (κ2) is 10.2. The zero-order valence-corrected chi connectivity index (χ0v) is 19.6. The molecule has 32 heavy (non-hydrogen) atoms. The molecule has 0 radical (unpaired) electrons. The van der Waals surface area contributed by atoms with Crippen LogP contribution in [0.4, 0.5) is 0 Å². The number of nitrogens with zero attached hydrogens (tertiary/aromatic N) is 1. The molecule has 1 N–H and O–H groups in total. The number of carbonyl (C=O) groups excluding carboxylic acids is 2. The summed E-state index contributed by atoms with van der Waals surface area (Å²) in [6.45, 7) is 0.467. The molecule has 6 nitrogen and oxygen atoms in total. The van der Waals surface area contributed by atoms with Crippen molar-refractivity contribution >= 4 is 33.8 Å². The Hall–Kier alpha value is -2.80. The summed E-state index contributed by atoms with van der Waals surface area (Å²) in [4.78, 5) is 27.7. The fourth-order valence-electron chi connectivity index (χ4n) is 4.29. The average molecular weight is 499 g/mol. The van der Waals surface area contributed by atoms with Gasteiger partial charge in [0.15, 0.2) is 5.76 Å². The van der Waals surface area contributed by atoms with E-state index in [4.69, 9.17) is 9.47 Å². The minimum absolute atomic E-state index is 0.0276. The second-order valence-corrected chi connectivity index (χ2v) is 8.96. The van der Waals surface area contributed by atoms with Crippen LogP contribution in [-0.4, -0.2) is 42.5 Å². The molecule has 1 aliphatic heterocycles. The van der Waals surface area contributed by atoms with E-state index in [9.17, 15) is 9.59 Å². The van der Waals surface area contributed by atoms with Gasteiger partial charge in [-0.1, -0.05) is 42.8 Å². The highest BCUT2D eigenvalue weighted by molar-refractivity contribution is 9.10. The first-order valence-electron chi connectivity index (χ1n) is 10.9. The van der Waals surface area contributed by atoms with Crippen molar-refractivity contribution in [3.8, 4) is 5.75 Å². The Labute approximate surface area is 196 Å². The number of ether oxygens (including phenoxy) is 2. The van der Waals surface area contributed by atoms with E-state index in [1.165, 1.54) is 0 Å². The fourth-order valence-corrected chi connectivity index (χ4v) is 4.85. The van der Waals surface area contributed by atoms with Crippen LogP contribution < -0.4 is 10.1 Å². The molecule has 7 heteroatoms. The number of carbonyl (C=O) groups is 2. The molecule has 1 saturated heterocycles. The highest BCUT2D eigenvalue weighted by Gasteiger charge is 2.42. The molecule has 2 atom stereocenters. The summed E-state index contributed by atoms with van der Waals surface area (Å²) in [6, 6.07) is 15.3. The monoisotopic (exact) mass is 498 g/mol. The largest absolute Gasteiger partial charge is 0.496 e. The van der Waals surface area contributed by atoms with Crippen molar-refractivity contribution in [2.75, 3.05) is 13.7 Å². The van der Waals surface area contributed by atoms with Crippen LogP contribution in [0.3, 0.4) is 0 Å². The van der Waals surface area contributed by atoms with Crippen molar-refractivity contribution in [1.29, 1.82) is 0 Å².